The Morgan fingerprint density at radius 1 is 1.16 bits per heavy atom. The van der Waals surface area contributed by atoms with Gasteiger partial charge in [0.1, 0.15) is 12.2 Å². The molecule has 0 aromatic heterocycles. The highest BCUT2D eigenvalue weighted by atomic mass is 16.6. The van der Waals surface area contributed by atoms with E-state index in [9.17, 15) is 9.59 Å². The first-order chi connectivity index (χ1) is 8.79. The average Bonchev–Trinajstić information content (AvgIpc) is 2.34. The molecule has 19 heavy (non-hydrogen) atoms. The van der Waals surface area contributed by atoms with Gasteiger partial charge in [-0.05, 0) is 33.6 Å². The molecule has 108 valence electrons. The summed E-state index contributed by atoms with van der Waals surface area (Å²) in [6.45, 7) is 8.88. The minimum Gasteiger partial charge on any atom is -0.460 e. The first-order valence-electron chi connectivity index (χ1n) is 6.87. The first kappa shape index (κ1) is 15.7. The van der Waals surface area contributed by atoms with Crippen molar-refractivity contribution in [2.45, 2.75) is 58.5 Å². The van der Waals surface area contributed by atoms with Gasteiger partial charge in [0, 0.05) is 0 Å². The van der Waals surface area contributed by atoms with Crippen molar-refractivity contribution in [3.63, 3.8) is 0 Å². The van der Waals surface area contributed by atoms with E-state index in [0.717, 1.165) is 25.7 Å². The van der Waals surface area contributed by atoms with Crippen molar-refractivity contribution in [3.8, 4) is 0 Å². The molecule has 1 aliphatic carbocycles. The van der Waals surface area contributed by atoms with E-state index in [2.05, 4.69) is 6.58 Å². The third-order valence-electron chi connectivity index (χ3n) is 3.01. The second-order valence-electron chi connectivity index (χ2n) is 6.05. The Bertz CT molecular complexity index is 346. The van der Waals surface area contributed by atoms with Crippen LogP contribution in [0.25, 0.3) is 0 Å². The van der Waals surface area contributed by atoms with Crippen LogP contribution < -0.4 is 0 Å². The van der Waals surface area contributed by atoms with Crippen molar-refractivity contribution in [1.29, 1.82) is 0 Å². The third-order valence-corrected chi connectivity index (χ3v) is 3.01. The fourth-order valence-corrected chi connectivity index (χ4v) is 2.02. The summed E-state index contributed by atoms with van der Waals surface area (Å²) >= 11 is 0. The Balaban J connectivity index is 2.33. The lowest BCUT2D eigenvalue weighted by Crippen LogP contribution is -2.27. The minimum atomic E-state index is -0.562. The van der Waals surface area contributed by atoms with Gasteiger partial charge in [-0.3, -0.25) is 4.79 Å². The second kappa shape index (κ2) is 6.73. The Morgan fingerprint density at radius 2 is 1.74 bits per heavy atom. The molecule has 0 unspecified atom stereocenters. The normalized spacial score (nSPS) is 16.8. The summed E-state index contributed by atoms with van der Waals surface area (Å²) in [5, 5.41) is 0. The predicted octanol–water partition coefficient (Wildman–Crippen LogP) is 3.01. The lowest BCUT2D eigenvalue weighted by molar-refractivity contribution is -0.153. The number of ether oxygens (including phenoxy) is 2. The Labute approximate surface area is 115 Å². The molecule has 4 heteroatoms. The zero-order valence-corrected chi connectivity index (χ0v) is 12.2. The minimum absolute atomic E-state index is 0.0137. The van der Waals surface area contributed by atoms with E-state index in [1.807, 2.05) is 0 Å². The molecule has 0 radical (unpaired) electrons. The molecule has 0 aliphatic heterocycles. The van der Waals surface area contributed by atoms with Crippen LogP contribution >= 0.6 is 0 Å². The van der Waals surface area contributed by atoms with E-state index in [1.54, 1.807) is 20.8 Å². The average molecular weight is 268 g/mol. The number of esters is 2. The molecule has 0 aromatic rings. The van der Waals surface area contributed by atoms with Gasteiger partial charge >= 0.3 is 11.9 Å². The monoisotopic (exact) mass is 268 g/mol. The van der Waals surface area contributed by atoms with Crippen LogP contribution in [0.2, 0.25) is 0 Å². The van der Waals surface area contributed by atoms with Gasteiger partial charge in [0.05, 0.1) is 11.5 Å². The van der Waals surface area contributed by atoms with Crippen molar-refractivity contribution in [1.82, 2.24) is 0 Å². The van der Waals surface area contributed by atoms with Crippen molar-refractivity contribution < 1.29 is 19.1 Å². The van der Waals surface area contributed by atoms with Crippen LogP contribution in [0.4, 0.5) is 0 Å². The van der Waals surface area contributed by atoms with E-state index in [-0.39, 0.29) is 24.1 Å². The molecule has 1 fully saturated rings. The maximum atomic E-state index is 11.8. The van der Waals surface area contributed by atoms with Crippen molar-refractivity contribution in [2.75, 3.05) is 6.61 Å². The lowest BCUT2D eigenvalue weighted by atomic mass is 9.89. The van der Waals surface area contributed by atoms with Gasteiger partial charge in [-0.2, -0.15) is 0 Å². The van der Waals surface area contributed by atoms with Crippen LogP contribution in [0.1, 0.15) is 52.9 Å². The van der Waals surface area contributed by atoms with Crippen molar-refractivity contribution >= 4 is 11.9 Å². The number of hydrogen-bond acceptors (Lipinski definition) is 4. The summed E-state index contributed by atoms with van der Waals surface area (Å²) in [4.78, 5) is 23.4. The van der Waals surface area contributed by atoms with Crippen LogP contribution in [0.5, 0.6) is 0 Å². The largest absolute Gasteiger partial charge is 0.460 e. The molecule has 0 saturated heterocycles. The maximum absolute atomic E-state index is 11.8. The Hall–Kier alpha value is -1.32. The highest BCUT2D eigenvalue weighted by Crippen LogP contribution is 2.24. The Kier molecular flexibility index (Phi) is 5.58. The van der Waals surface area contributed by atoms with Crippen LogP contribution in [-0.2, 0) is 19.1 Å². The summed E-state index contributed by atoms with van der Waals surface area (Å²) in [5.41, 5.74) is -0.382. The molecule has 0 atom stereocenters. The van der Waals surface area contributed by atoms with Crippen LogP contribution in [-0.4, -0.2) is 24.1 Å². The number of rotatable bonds is 4. The molecule has 1 saturated carbocycles. The highest BCUT2D eigenvalue weighted by molar-refractivity contribution is 5.88. The van der Waals surface area contributed by atoms with Gasteiger partial charge in [0.25, 0.3) is 0 Å². The van der Waals surface area contributed by atoms with Crippen LogP contribution in [0.3, 0.4) is 0 Å². The zero-order chi connectivity index (χ0) is 14.5. The lowest BCUT2D eigenvalue weighted by Gasteiger charge is -2.22. The van der Waals surface area contributed by atoms with Crippen LogP contribution in [0.15, 0.2) is 12.2 Å². The van der Waals surface area contributed by atoms with Crippen molar-refractivity contribution in [2.24, 2.45) is 5.92 Å². The smallest absolute Gasteiger partial charge is 0.337 e. The molecule has 0 heterocycles. The summed E-state index contributed by atoms with van der Waals surface area (Å²) in [7, 11) is 0. The molecular formula is C15H24O4. The highest BCUT2D eigenvalue weighted by Gasteiger charge is 2.24. The molecular weight excluding hydrogens is 244 g/mol. The van der Waals surface area contributed by atoms with E-state index < -0.39 is 11.6 Å². The van der Waals surface area contributed by atoms with Gasteiger partial charge in [0.15, 0.2) is 0 Å². The molecule has 0 bridgehead atoms. The van der Waals surface area contributed by atoms with E-state index >= 15 is 0 Å². The molecule has 4 nitrogen and oxygen atoms in total. The third kappa shape index (κ3) is 5.90. The second-order valence-corrected chi connectivity index (χ2v) is 6.05. The zero-order valence-electron chi connectivity index (χ0n) is 12.2. The summed E-state index contributed by atoms with van der Waals surface area (Å²) in [5.74, 6) is -0.742. The van der Waals surface area contributed by atoms with Gasteiger partial charge in [0.2, 0.25) is 0 Å². The van der Waals surface area contributed by atoms with Gasteiger partial charge in [-0.15, -0.1) is 0 Å². The topological polar surface area (TPSA) is 52.6 Å². The van der Waals surface area contributed by atoms with Gasteiger partial charge < -0.3 is 9.47 Å². The number of carbonyl (C=O) groups is 2. The molecule has 0 amide bonds. The number of hydrogen-bond donors (Lipinski definition) is 0. The fourth-order valence-electron chi connectivity index (χ4n) is 2.02. The predicted molar refractivity (Wildman–Crippen MR) is 72.5 cm³/mol. The summed E-state index contributed by atoms with van der Waals surface area (Å²) in [6, 6.07) is 0. The van der Waals surface area contributed by atoms with Crippen LogP contribution in [0, 0.1) is 5.92 Å². The standard InChI is InChI=1S/C15H24O4/c1-11(13(16)19-15(2,3)4)10-18-14(17)12-8-6-5-7-9-12/h12H,1,5-10H2,2-4H3. The van der Waals surface area contributed by atoms with E-state index in [4.69, 9.17) is 9.47 Å². The molecule has 0 spiro atoms. The quantitative estimate of drug-likeness (QED) is 0.581. The van der Waals surface area contributed by atoms with E-state index in [1.165, 1.54) is 6.42 Å². The van der Waals surface area contributed by atoms with Crippen molar-refractivity contribution in [3.05, 3.63) is 12.2 Å². The Morgan fingerprint density at radius 3 is 2.26 bits per heavy atom. The fraction of sp³-hybridized carbons (Fsp3) is 0.733. The molecule has 1 rings (SSSR count). The van der Waals surface area contributed by atoms with Gasteiger partial charge in [-0.1, -0.05) is 25.8 Å². The summed E-state index contributed by atoms with van der Waals surface area (Å²) < 4.78 is 10.3. The first-order valence-corrected chi connectivity index (χ1v) is 6.87. The number of carbonyl (C=O) groups excluding carboxylic acids is 2. The summed E-state index contributed by atoms with van der Waals surface area (Å²) in [6.07, 6.45) is 5.11. The SMILES string of the molecule is C=C(COC(=O)C1CCCCC1)C(=O)OC(C)(C)C. The molecule has 0 aromatic carbocycles. The molecule has 0 N–H and O–H groups in total. The molecule has 1 aliphatic rings. The van der Waals surface area contributed by atoms with E-state index in [0.29, 0.717) is 0 Å². The maximum Gasteiger partial charge on any atom is 0.337 e. The van der Waals surface area contributed by atoms with Gasteiger partial charge in [-0.25, -0.2) is 4.79 Å².